The first kappa shape index (κ1) is 20.0. The van der Waals surface area contributed by atoms with E-state index in [2.05, 4.69) is 10.3 Å². The highest BCUT2D eigenvalue weighted by molar-refractivity contribution is 7.98. The number of amides is 1. The zero-order chi connectivity index (χ0) is 19.1. The first-order valence-electron chi connectivity index (χ1n) is 8.28. The first-order chi connectivity index (χ1) is 12.5. The van der Waals surface area contributed by atoms with Gasteiger partial charge in [0.05, 0.1) is 18.1 Å². The molecule has 0 aliphatic rings. The molecule has 1 atom stereocenters. The number of nitrogens with zero attached hydrogens (tertiary/aromatic N) is 2. The van der Waals surface area contributed by atoms with Gasteiger partial charge < -0.3 is 14.6 Å². The molecule has 0 spiro atoms. The Hall–Kier alpha value is -2.35. The monoisotopic (exact) mass is 377 g/mol. The van der Waals surface area contributed by atoms with Crippen molar-refractivity contribution in [2.24, 2.45) is 7.05 Å². The second-order valence-electron chi connectivity index (χ2n) is 5.84. The number of hydrogen-bond acceptors (Lipinski definition) is 6. The van der Waals surface area contributed by atoms with Crippen LogP contribution in [0.15, 0.2) is 29.1 Å². The quantitative estimate of drug-likeness (QED) is 0.697. The number of hydrogen-bond donors (Lipinski definition) is 1. The molecule has 0 aliphatic carbocycles. The standard InChI is InChI=1S/C18H23N3O4S/c1-21-15-7-5-4-6-12(15)19-13(17(21)23)8-9-16(22)20-14(10-11-26-3)18(24)25-2/h4-7,14H,8-11H2,1-3H3,(H,20,22)/t14-/m0/s1. The molecule has 0 saturated carbocycles. The van der Waals surface area contributed by atoms with Crippen molar-refractivity contribution in [1.29, 1.82) is 0 Å². The Bertz CT molecular complexity index is 850. The number of aryl methyl sites for hydroxylation is 2. The van der Waals surface area contributed by atoms with Crippen LogP contribution in [0.5, 0.6) is 0 Å². The smallest absolute Gasteiger partial charge is 0.328 e. The lowest BCUT2D eigenvalue weighted by Gasteiger charge is -2.16. The minimum atomic E-state index is -0.674. The second-order valence-corrected chi connectivity index (χ2v) is 6.82. The lowest BCUT2D eigenvalue weighted by atomic mass is 10.2. The van der Waals surface area contributed by atoms with Crippen molar-refractivity contribution in [2.75, 3.05) is 19.1 Å². The fourth-order valence-corrected chi connectivity index (χ4v) is 3.10. The molecule has 1 aromatic carbocycles. The maximum absolute atomic E-state index is 12.4. The van der Waals surface area contributed by atoms with Crippen LogP contribution in [-0.2, 0) is 27.8 Å². The summed E-state index contributed by atoms with van der Waals surface area (Å²) < 4.78 is 6.26. The molecule has 1 N–H and O–H groups in total. The molecule has 26 heavy (non-hydrogen) atoms. The highest BCUT2D eigenvalue weighted by Crippen LogP contribution is 2.09. The maximum atomic E-state index is 12.4. The van der Waals surface area contributed by atoms with Crippen LogP contribution >= 0.6 is 11.8 Å². The maximum Gasteiger partial charge on any atom is 0.328 e. The van der Waals surface area contributed by atoms with Gasteiger partial charge in [0.1, 0.15) is 11.7 Å². The van der Waals surface area contributed by atoms with Crippen LogP contribution in [0.3, 0.4) is 0 Å². The summed E-state index contributed by atoms with van der Waals surface area (Å²) in [4.78, 5) is 40.8. The van der Waals surface area contributed by atoms with Crippen molar-refractivity contribution in [3.05, 3.63) is 40.3 Å². The number of para-hydroxylation sites is 2. The van der Waals surface area contributed by atoms with E-state index in [1.807, 2.05) is 30.5 Å². The summed E-state index contributed by atoms with van der Waals surface area (Å²) in [5.41, 5.74) is 1.56. The van der Waals surface area contributed by atoms with E-state index in [9.17, 15) is 14.4 Å². The summed E-state index contributed by atoms with van der Waals surface area (Å²) in [5.74, 6) is -0.0436. The van der Waals surface area contributed by atoms with E-state index in [4.69, 9.17) is 4.74 Å². The number of aromatic nitrogens is 2. The summed E-state index contributed by atoms with van der Waals surface area (Å²) in [7, 11) is 2.98. The van der Waals surface area contributed by atoms with Crippen molar-refractivity contribution >= 4 is 34.7 Å². The topological polar surface area (TPSA) is 90.3 Å². The van der Waals surface area contributed by atoms with E-state index in [0.717, 1.165) is 11.3 Å². The van der Waals surface area contributed by atoms with E-state index in [-0.39, 0.29) is 24.3 Å². The molecule has 0 radical (unpaired) electrons. The van der Waals surface area contributed by atoms with Gasteiger partial charge in [0.15, 0.2) is 0 Å². The lowest BCUT2D eigenvalue weighted by Crippen LogP contribution is -2.42. The van der Waals surface area contributed by atoms with Crippen LogP contribution in [-0.4, -0.2) is 46.6 Å². The third-order valence-electron chi connectivity index (χ3n) is 4.07. The van der Waals surface area contributed by atoms with Crippen LogP contribution in [0, 0.1) is 0 Å². The zero-order valence-corrected chi connectivity index (χ0v) is 16.0. The fraction of sp³-hybridized carbons (Fsp3) is 0.444. The van der Waals surface area contributed by atoms with E-state index in [0.29, 0.717) is 17.6 Å². The second kappa shape index (κ2) is 9.38. The van der Waals surface area contributed by atoms with Gasteiger partial charge >= 0.3 is 5.97 Å². The van der Waals surface area contributed by atoms with E-state index in [1.54, 1.807) is 18.8 Å². The van der Waals surface area contributed by atoms with Crippen LogP contribution in [0.1, 0.15) is 18.5 Å². The van der Waals surface area contributed by atoms with Gasteiger partial charge in [-0.15, -0.1) is 0 Å². The van der Waals surface area contributed by atoms with E-state index in [1.165, 1.54) is 11.7 Å². The molecular weight excluding hydrogens is 354 g/mol. The highest BCUT2D eigenvalue weighted by atomic mass is 32.2. The number of carbonyl (C=O) groups excluding carboxylic acids is 2. The van der Waals surface area contributed by atoms with E-state index >= 15 is 0 Å². The Labute approximate surface area is 156 Å². The van der Waals surface area contributed by atoms with Gasteiger partial charge in [-0.1, -0.05) is 12.1 Å². The van der Waals surface area contributed by atoms with Crippen LogP contribution < -0.4 is 10.9 Å². The SMILES string of the molecule is COC(=O)[C@H](CCSC)NC(=O)CCc1nc2ccccc2n(C)c1=O. The van der Waals surface area contributed by atoms with Crippen molar-refractivity contribution in [3.8, 4) is 0 Å². The molecule has 1 aromatic heterocycles. The number of esters is 1. The summed E-state index contributed by atoms with van der Waals surface area (Å²) in [6.07, 6.45) is 2.71. The Morgan fingerprint density at radius 3 is 2.77 bits per heavy atom. The third kappa shape index (κ3) is 4.85. The third-order valence-corrected chi connectivity index (χ3v) is 4.71. The van der Waals surface area contributed by atoms with Gasteiger partial charge in [-0.25, -0.2) is 9.78 Å². The van der Waals surface area contributed by atoms with E-state index < -0.39 is 12.0 Å². The number of nitrogens with one attached hydrogen (secondary N) is 1. The van der Waals surface area contributed by atoms with Gasteiger partial charge in [-0.2, -0.15) is 11.8 Å². The molecule has 2 aromatic rings. The minimum Gasteiger partial charge on any atom is -0.467 e. The lowest BCUT2D eigenvalue weighted by molar-refractivity contribution is -0.145. The van der Waals surface area contributed by atoms with Crippen molar-refractivity contribution in [2.45, 2.75) is 25.3 Å². The highest BCUT2D eigenvalue weighted by Gasteiger charge is 2.21. The molecule has 8 heteroatoms. The number of ether oxygens (including phenoxy) is 1. The van der Waals surface area contributed by atoms with Gasteiger partial charge in [-0.05, 0) is 30.6 Å². The number of thioether (sulfide) groups is 1. The number of fused-ring (bicyclic) bond motifs is 1. The fourth-order valence-electron chi connectivity index (χ4n) is 2.63. The number of methoxy groups -OCH3 is 1. The Balaban J connectivity index is 2.06. The predicted molar refractivity (Wildman–Crippen MR) is 102 cm³/mol. The average molecular weight is 377 g/mol. The summed E-state index contributed by atoms with van der Waals surface area (Å²) in [6.45, 7) is 0. The van der Waals surface area contributed by atoms with Crippen molar-refractivity contribution in [3.63, 3.8) is 0 Å². The molecular formula is C18H23N3O4S. The van der Waals surface area contributed by atoms with Crippen LogP contribution in [0.4, 0.5) is 0 Å². The molecule has 1 amide bonds. The minimum absolute atomic E-state index is 0.0767. The van der Waals surface area contributed by atoms with Gasteiger partial charge in [0.2, 0.25) is 5.91 Å². The Morgan fingerprint density at radius 2 is 2.08 bits per heavy atom. The summed E-state index contributed by atoms with van der Waals surface area (Å²) in [6, 6.07) is 6.68. The van der Waals surface area contributed by atoms with Gasteiger partial charge in [-0.3, -0.25) is 9.59 Å². The number of carbonyl (C=O) groups is 2. The Kier molecular flexibility index (Phi) is 7.20. The van der Waals surface area contributed by atoms with Gasteiger partial charge in [0, 0.05) is 19.9 Å². The molecule has 7 nitrogen and oxygen atoms in total. The number of benzene rings is 1. The largest absolute Gasteiger partial charge is 0.467 e. The van der Waals surface area contributed by atoms with Crippen LogP contribution in [0.2, 0.25) is 0 Å². The zero-order valence-electron chi connectivity index (χ0n) is 15.2. The molecule has 0 bridgehead atoms. The predicted octanol–water partition coefficient (Wildman–Crippen LogP) is 1.28. The van der Waals surface area contributed by atoms with Crippen molar-refractivity contribution < 1.29 is 14.3 Å². The average Bonchev–Trinajstić information content (AvgIpc) is 2.66. The van der Waals surface area contributed by atoms with Crippen molar-refractivity contribution in [1.82, 2.24) is 14.9 Å². The molecule has 1 heterocycles. The van der Waals surface area contributed by atoms with Crippen LogP contribution in [0.25, 0.3) is 11.0 Å². The molecule has 140 valence electrons. The number of rotatable bonds is 8. The van der Waals surface area contributed by atoms with Gasteiger partial charge in [0.25, 0.3) is 5.56 Å². The molecule has 0 fully saturated rings. The normalized spacial score (nSPS) is 12.0. The molecule has 2 rings (SSSR count). The first-order valence-corrected chi connectivity index (χ1v) is 9.68. The molecule has 0 aliphatic heterocycles. The summed E-state index contributed by atoms with van der Waals surface area (Å²) >= 11 is 1.59. The molecule has 0 saturated heterocycles. The summed E-state index contributed by atoms with van der Waals surface area (Å²) in [5, 5.41) is 2.68. The molecule has 0 unspecified atom stereocenters. The Morgan fingerprint density at radius 1 is 1.35 bits per heavy atom.